The summed E-state index contributed by atoms with van der Waals surface area (Å²) < 4.78 is 13.3. The third-order valence-corrected chi connectivity index (χ3v) is 2.88. The van der Waals surface area contributed by atoms with Gasteiger partial charge < -0.3 is 0 Å². The van der Waals surface area contributed by atoms with E-state index in [4.69, 9.17) is 0 Å². The van der Waals surface area contributed by atoms with Crippen LogP contribution in [0.4, 0.5) is 4.39 Å². The molecule has 2 aromatic rings. The minimum absolute atomic E-state index is 0.0983. The number of benzene rings is 1. The molecule has 1 aromatic heterocycles. The second-order valence-corrected chi connectivity index (χ2v) is 4.29. The first-order valence-electron chi connectivity index (χ1n) is 4.40. The standard InChI is InChI=1S/C11H8FNOS/c1-7-13-6-10(15-7)11(14)8-4-2-3-5-9(8)12/h2-6H,1H3. The lowest BCUT2D eigenvalue weighted by Crippen LogP contribution is -2.01. The summed E-state index contributed by atoms with van der Waals surface area (Å²) in [6, 6.07) is 5.96. The van der Waals surface area contributed by atoms with Crippen LogP contribution in [-0.2, 0) is 0 Å². The predicted octanol–water partition coefficient (Wildman–Crippen LogP) is 2.82. The first kappa shape index (κ1) is 9.98. The number of hydrogen-bond donors (Lipinski definition) is 0. The van der Waals surface area contributed by atoms with Crippen molar-refractivity contribution >= 4 is 17.1 Å². The average molecular weight is 221 g/mol. The molecule has 0 saturated carbocycles. The number of halogens is 1. The smallest absolute Gasteiger partial charge is 0.207 e. The van der Waals surface area contributed by atoms with Crippen LogP contribution in [0.5, 0.6) is 0 Å². The normalized spacial score (nSPS) is 10.3. The Morgan fingerprint density at radius 1 is 1.40 bits per heavy atom. The van der Waals surface area contributed by atoms with E-state index in [-0.39, 0.29) is 11.3 Å². The van der Waals surface area contributed by atoms with E-state index in [2.05, 4.69) is 4.98 Å². The minimum Gasteiger partial charge on any atom is -0.288 e. The molecule has 0 amide bonds. The molecule has 4 heteroatoms. The first-order chi connectivity index (χ1) is 7.18. The van der Waals surface area contributed by atoms with Gasteiger partial charge in [0.05, 0.1) is 15.4 Å². The number of carbonyl (C=O) groups is 1. The lowest BCUT2D eigenvalue weighted by Gasteiger charge is -1.98. The molecule has 0 aliphatic carbocycles. The maximum atomic E-state index is 13.3. The fourth-order valence-electron chi connectivity index (χ4n) is 1.24. The minimum atomic E-state index is -0.492. The summed E-state index contributed by atoms with van der Waals surface area (Å²) in [5, 5.41) is 0.801. The van der Waals surface area contributed by atoms with Crippen molar-refractivity contribution in [1.82, 2.24) is 4.98 Å². The van der Waals surface area contributed by atoms with Crippen molar-refractivity contribution in [3.8, 4) is 0 Å². The summed E-state index contributed by atoms with van der Waals surface area (Å²) in [6.45, 7) is 1.81. The van der Waals surface area contributed by atoms with Crippen molar-refractivity contribution in [2.24, 2.45) is 0 Å². The number of thiazole rings is 1. The molecular formula is C11H8FNOS. The Hall–Kier alpha value is -1.55. The van der Waals surface area contributed by atoms with E-state index in [9.17, 15) is 9.18 Å². The number of hydrogen-bond acceptors (Lipinski definition) is 3. The average Bonchev–Trinajstić information content (AvgIpc) is 2.65. The van der Waals surface area contributed by atoms with Gasteiger partial charge >= 0.3 is 0 Å². The highest BCUT2D eigenvalue weighted by molar-refractivity contribution is 7.13. The van der Waals surface area contributed by atoms with Gasteiger partial charge in [0, 0.05) is 6.20 Å². The van der Waals surface area contributed by atoms with Gasteiger partial charge in [0.15, 0.2) is 0 Å². The number of carbonyl (C=O) groups excluding carboxylic acids is 1. The molecule has 0 atom stereocenters. The summed E-state index contributed by atoms with van der Waals surface area (Å²) in [5.41, 5.74) is 0.0983. The third-order valence-electron chi connectivity index (χ3n) is 1.96. The van der Waals surface area contributed by atoms with E-state index in [1.165, 1.54) is 29.7 Å². The molecule has 0 bridgehead atoms. The van der Waals surface area contributed by atoms with Gasteiger partial charge in [-0.3, -0.25) is 4.79 Å². The SMILES string of the molecule is Cc1ncc(C(=O)c2ccccc2F)s1. The molecule has 0 N–H and O–H groups in total. The number of aromatic nitrogens is 1. The summed E-state index contributed by atoms with van der Waals surface area (Å²) in [5.74, 6) is -0.799. The molecule has 0 unspecified atom stereocenters. The first-order valence-corrected chi connectivity index (χ1v) is 5.22. The Kier molecular flexibility index (Phi) is 2.60. The van der Waals surface area contributed by atoms with Crippen LogP contribution >= 0.6 is 11.3 Å². The molecule has 15 heavy (non-hydrogen) atoms. The van der Waals surface area contributed by atoms with Gasteiger partial charge in [0.1, 0.15) is 5.82 Å². The van der Waals surface area contributed by atoms with Crippen LogP contribution in [0.1, 0.15) is 20.2 Å². The van der Waals surface area contributed by atoms with Crippen molar-refractivity contribution in [1.29, 1.82) is 0 Å². The number of aryl methyl sites for hydroxylation is 1. The van der Waals surface area contributed by atoms with E-state index >= 15 is 0 Å². The third kappa shape index (κ3) is 1.94. The summed E-state index contributed by atoms with van der Waals surface area (Å²) >= 11 is 1.27. The second kappa shape index (κ2) is 3.90. The monoisotopic (exact) mass is 221 g/mol. The lowest BCUT2D eigenvalue weighted by molar-refractivity contribution is 0.103. The van der Waals surface area contributed by atoms with E-state index < -0.39 is 5.82 Å². The highest BCUT2D eigenvalue weighted by Gasteiger charge is 2.15. The van der Waals surface area contributed by atoms with Crippen LogP contribution < -0.4 is 0 Å². The molecule has 0 aliphatic heterocycles. The van der Waals surface area contributed by atoms with Gasteiger partial charge in [-0.15, -0.1) is 11.3 Å². The number of rotatable bonds is 2. The van der Waals surface area contributed by atoms with Crippen molar-refractivity contribution in [3.05, 3.63) is 51.7 Å². The molecule has 76 valence electrons. The topological polar surface area (TPSA) is 30.0 Å². The van der Waals surface area contributed by atoms with Crippen LogP contribution in [0.15, 0.2) is 30.5 Å². The van der Waals surface area contributed by atoms with Gasteiger partial charge in [-0.2, -0.15) is 0 Å². The molecule has 2 rings (SSSR count). The number of nitrogens with zero attached hydrogens (tertiary/aromatic N) is 1. The Balaban J connectivity index is 2.41. The van der Waals surface area contributed by atoms with Crippen molar-refractivity contribution < 1.29 is 9.18 Å². The summed E-state index contributed by atoms with van der Waals surface area (Å²) in [7, 11) is 0. The second-order valence-electron chi connectivity index (χ2n) is 3.05. The van der Waals surface area contributed by atoms with Gasteiger partial charge in [-0.25, -0.2) is 9.37 Å². The van der Waals surface area contributed by atoms with Crippen LogP contribution in [0.25, 0.3) is 0 Å². The Labute approximate surface area is 90.4 Å². The molecule has 2 nitrogen and oxygen atoms in total. The van der Waals surface area contributed by atoms with E-state index in [0.717, 1.165) is 5.01 Å². The fraction of sp³-hybridized carbons (Fsp3) is 0.0909. The zero-order valence-electron chi connectivity index (χ0n) is 8.03. The maximum Gasteiger partial charge on any atom is 0.207 e. The molecular weight excluding hydrogens is 213 g/mol. The maximum absolute atomic E-state index is 13.3. The largest absolute Gasteiger partial charge is 0.288 e. The van der Waals surface area contributed by atoms with Crippen molar-refractivity contribution in [2.45, 2.75) is 6.92 Å². The summed E-state index contributed by atoms with van der Waals surface area (Å²) in [4.78, 5) is 16.2. The van der Waals surface area contributed by atoms with Crippen molar-refractivity contribution in [3.63, 3.8) is 0 Å². The molecule has 0 saturated heterocycles. The summed E-state index contributed by atoms with van der Waals surface area (Å²) in [6.07, 6.45) is 1.48. The fourth-order valence-corrected chi connectivity index (χ4v) is 1.98. The van der Waals surface area contributed by atoms with Crippen LogP contribution in [-0.4, -0.2) is 10.8 Å². The van der Waals surface area contributed by atoms with Crippen LogP contribution in [0.2, 0.25) is 0 Å². The molecule has 0 fully saturated rings. The van der Waals surface area contributed by atoms with Crippen LogP contribution in [0, 0.1) is 12.7 Å². The van der Waals surface area contributed by atoms with Crippen LogP contribution in [0.3, 0.4) is 0 Å². The van der Waals surface area contributed by atoms with Gasteiger partial charge in [-0.05, 0) is 19.1 Å². The van der Waals surface area contributed by atoms with Gasteiger partial charge in [0.25, 0.3) is 0 Å². The highest BCUT2D eigenvalue weighted by Crippen LogP contribution is 2.18. The molecule has 0 radical (unpaired) electrons. The van der Waals surface area contributed by atoms with E-state index in [0.29, 0.717) is 4.88 Å². The quantitative estimate of drug-likeness (QED) is 0.730. The number of ketones is 1. The predicted molar refractivity (Wildman–Crippen MR) is 56.7 cm³/mol. The Morgan fingerprint density at radius 2 is 2.13 bits per heavy atom. The molecule has 0 aliphatic rings. The molecule has 1 heterocycles. The van der Waals surface area contributed by atoms with E-state index in [1.807, 2.05) is 6.92 Å². The van der Waals surface area contributed by atoms with E-state index in [1.54, 1.807) is 12.1 Å². The Bertz CT molecular complexity index is 507. The lowest BCUT2D eigenvalue weighted by atomic mass is 10.1. The highest BCUT2D eigenvalue weighted by atomic mass is 32.1. The van der Waals surface area contributed by atoms with Gasteiger partial charge in [-0.1, -0.05) is 12.1 Å². The zero-order valence-corrected chi connectivity index (χ0v) is 8.84. The molecule has 0 spiro atoms. The zero-order chi connectivity index (χ0) is 10.8. The molecule has 1 aromatic carbocycles. The van der Waals surface area contributed by atoms with Gasteiger partial charge in [0.2, 0.25) is 5.78 Å². The van der Waals surface area contributed by atoms with Crippen molar-refractivity contribution in [2.75, 3.05) is 0 Å². The Morgan fingerprint density at radius 3 is 2.73 bits per heavy atom.